The minimum Gasteiger partial charge on any atom is -0.491 e. The number of aryl methyl sites for hydroxylation is 1. The molecule has 2 rings (SSSR count). The van der Waals surface area contributed by atoms with Gasteiger partial charge in [-0.3, -0.25) is 10.3 Å². The highest BCUT2D eigenvalue weighted by Crippen LogP contribution is 2.20. The van der Waals surface area contributed by atoms with E-state index in [0.717, 1.165) is 17.9 Å². The van der Waals surface area contributed by atoms with Gasteiger partial charge < -0.3 is 10.5 Å². The summed E-state index contributed by atoms with van der Waals surface area (Å²) in [6.07, 6.45) is 3.94. The lowest BCUT2D eigenvalue weighted by Gasteiger charge is -2.26. The molecule has 0 saturated carbocycles. The highest BCUT2D eigenvalue weighted by Gasteiger charge is 2.11. The Hall–Kier alpha value is -1.55. The smallest absolute Gasteiger partial charge is 0.130 e. The molecule has 3 N–H and O–H groups in total. The first-order valence-electron chi connectivity index (χ1n) is 6.97. The summed E-state index contributed by atoms with van der Waals surface area (Å²) >= 11 is 0. The van der Waals surface area contributed by atoms with E-state index in [9.17, 15) is 0 Å². The van der Waals surface area contributed by atoms with Crippen molar-refractivity contribution in [3.63, 3.8) is 0 Å². The molecule has 4 nitrogen and oxygen atoms in total. The fourth-order valence-electron chi connectivity index (χ4n) is 2.44. The van der Waals surface area contributed by atoms with Gasteiger partial charge in [-0.25, -0.2) is 0 Å². The number of rotatable bonds is 5. The van der Waals surface area contributed by atoms with Gasteiger partial charge in [-0.05, 0) is 50.6 Å². The zero-order chi connectivity index (χ0) is 13.7. The third-order valence-corrected chi connectivity index (χ3v) is 3.54. The molecule has 1 aromatic carbocycles. The summed E-state index contributed by atoms with van der Waals surface area (Å²) in [5, 5.41) is 7.57. The number of nitrogens with two attached hydrogens (primary N) is 1. The molecule has 104 valence electrons. The minimum atomic E-state index is 0.0629. The molecule has 0 spiro atoms. The zero-order valence-corrected chi connectivity index (χ0v) is 11.6. The van der Waals surface area contributed by atoms with Crippen LogP contribution in [-0.4, -0.2) is 37.0 Å². The van der Waals surface area contributed by atoms with Crippen LogP contribution in [0, 0.1) is 12.3 Å². The number of benzene rings is 1. The standard InChI is InChI=1S/C15H23N3O/c1-12-5-6-13(15(16)17)14(11-12)19-10-9-18-7-3-2-4-8-18/h5-6,11H,2-4,7-10H2,1H3,(H3,16,17). The van der Waals surface area contributed by atoms with Crippen molar-refractivity contribution < 1.29 is 4.74 Å². The highest BCUT2D eigenvalue weighted by molar-refractivity contribution is 5.97. The van der Waals surface area contributed by atoms with Crippen LogP contribution in [0.3, 0.4) is 0 Å². The highest BCUT2D eigenvalue weighted by atomic mass is 16.5. The second-order valence-electron chi connectivity index (χ2n) is 5.16. The average Bonchev–Trinajstić information content (AvgIpc) is 2.39. The molecule has 0 aromatic heterocycles. The maximum Gasteiger partial charge on any atom is 0.130 e. The van der Waals surface area contributed by atoms with Gasteiger partial charge in [0, 0.05) is 6.54 Å². The van der Waals surface area contributed by atoms with E-state index in [2.05, 4.69) is 4.90 Å². The summed E-state index contributed by atoms with van der Waals surface area (Å²) in [5.41, 5.74) is 7.38. The predicted octanol–water partition coefficient (Wildman–Crippen LogP) is 2.14. The Balaban J connectivity index is 1.91. The molecule has 19 heavy (non-hydrogen) atoms. The number of piperidine rings is 1. The quantitative estimate of drug-likeness (QED) is 0.630. The molecule has 0 bridgehead atoms. The van der Waals surface area contributed by atoms with Crippen LogP contribution in [0.5, 0.6) is 5.75 Å². The first kappa shape index (κ1) is 13.9. The third kappa shape index (κ3) is 3.96. The van der Waals surface area contributed by atoms with Crippen molar-refractivity contribution in [1.29, 1.82) is 5.41 Å². The number of ether oxygens (including phenoxy) is 1. The largest absolute Gasteiger partial charge is 0.491 e. The van der Waals surface area contributed by atoms with Gasteiger partial charge in [0.15, 0.2) is 0 Å². The number of nitrogen functional groups attached to an aromatic ring is 1. The lowest BCUT2D eigenvalue weighted by molar-refractivity contribution is 0.183. The molecule has 4 heteroatoms. The number of amidine groups is 1. The maximum atomic E-state index is 7.57. The Labute approximate surface area is 115 Å². The van der Waals surface area contributed by atoms with Gasteiger partial charge in [0.2, 0.25) is 0 Å². The van der Waals surface area contributed by atoms with Crippen LogP contribution in [0.4, 0.5) is 0 Å². The fourth-order valence-corrected chi connectivity index (χ4v) is 2.44. The van der Waals surface area contributed by atoms with Crippen LogP contribution in [0.1, 0.15) is 30.4 Å². The molecule has 0 atom stereocenters. The molecule has 1 saturated heterocycles. The molecule has 1 fully saturated rings. The van der Waals surface area contributed by atoms with E-state index in [4.69, 9.17) is 15.9 Å². The van der Waals surface area contributed by atoms with Gasteiger partial charge in [0.05, 0.1) is 5.56 Å². The van der Waals surface area contributed by atoms with E-state index in [1.165, 1.54) is 32.4 Å². The molecule has 0 radical (unpaired) electrons. The van der Waals surface area contributed by atoms with Gasteiger partial charge >= 0.3 is 0 Å². The summed E-state index contributed by atoms with van der Waals surface area (Å²) < 4.78 is 5.82. The molecule has 0 aliphatic carbocycles. The van der Waals surface area contributed by atoms with Gasteiger partial charge in [0.25, 0.3) is 0 Å². The van der Waals surface area contributed by atoms with Gasteiger partial charge in [-0.2, -0.15) is 0 Å². The zero-order valence-electron chi connectivity index (χ0n) is 11.6. The molecule has 1 aromatic rings. The van der Waals surface area contributed by atoms with Crippen molar-refractivity contribution in [2.24, 2.45) is 5.73 Å². The van der Waals surface area contributed by atoms with Gasteiger partial charge in [-0.15, -0.1) is 0 Å². The molecular weight excluding hydrogens is 238 g/mol. The summed E-state index contributed by atoms with van der Waals surface area (Å²) in [5.74, 6) is 0.789. The average molecular weight is 261 g/mol. The number of nitrogens with one attached hydrogen (secondary N) is 1. The second-order valence-corrected chi connectivity index (χ2v) is 5.16. The van der Waals surface area contributed by atoms with Gasteiger partial charge in [0.1, 0.15) is 18.2 Å². The van der Waals surface area contributed by atoms with E-state index in [1.54, 1.807) is 0 Å². The topological polar surface area (TPSA) is 62.3 Å². The minimum absolute atomic E-state index is 0.0629. The monoisotopic (exact) mass is 261 g/mol. The maximum absolute atomic E-state index is 7.57. The Kier molecular flexibility index (Phi) is 4.80. The van der Waals surface area contributed by atoms with Crippen molar-refractivity contribution >= 4 is 5.84 Å². The van der Waals surface area contributed by atoms with Crippen molar-refractivity contribution in [2.75, 3.05) is 26.2 Å². The van der Waals surface area contributed by atoms with Crippen LogP contribution in [-0.2, 0) is 0 Å². The van der Waals surface area contributed by atoms with Crippen LogP contribution in [0.25, 0.3) is 0 Å². The van der Waals surface area contributed by atoms with Crippen LogP contribution < -0.4 is 10.5 Å². The molecule has 1 heterocycles. The predicted molar refractivity (Wildman–Crippen MR) is 78.0 cm³/mol. The van der Waals surface area contributed by atoms with E-state index in [0.29, 0.717) is 12.2 Å². The van der Waals surface area contributed by atoms with Crippen molar-refractivity contribution in [2.45, 2.75) is 26.2 Å². The van der Waals surface area contributed by atoms with Crippen molar-refractivity contribution in [3.05, 3.63) is 29.3 Å². The summed E-state index contributed by atoms with van der Waals surface area (Å²) in [6.45, 7) is 5.98. The van der Waals surface area contributed by atoms with Gasteiger partial charge in [-0.1, -0.05) is 12.5 Å². The Morgan fingerprint density at radius 3 is 2.74 bits per heavy atom. The van der Waals surface area contributed by atoms with Crippen LogP contribution >= 0.6 is 0 Å². The number of hydrogen-bond acceptors (Lipinski definition) is 3. The summed E-state index contributed by atoms with van der Waals surface area (Å²) in [6, 6.07) is 5.76. The molecule has 1 aliphatic heterocycles. The van der Waals surface area contributed by atoms with Crippen molar-refractivity contribution in [3.8, 4) is 5.75 Å². The molecule has 1 aliphatic rings. The number of likely N-dealkylation sites (tertiary alicyclic amines) is 1. The lowest BCUT2D eigenvalue weighted by atomic mass is 10.1. The Morgan fingerprint density at radius 1 is 1.32 bits per heavy atom. The molecular formula is C15H23N3O. The van der Waals surface area contributed by atoms with Crippen molar-refractivity contribution in [1.82, 2.24) is 4.90 Å². The number of nitrogens with zero attached hydrogens (tertiary/aromatic N) is 1. The second kappa shape index (κ2) is 6.57. The van der Waals surface area contributed by atoms with E-state index in [1.807, 2.05) is 25.1 Å². The van der Waals surface area contributed by atoms with Crippen LogP contribution in [0.15, 0.2) is 18.2 Å². The fraction of sp³-hybridized carbons (Fsp3) is 0.533. The third-order valence-electron chi connectivity index (χ3n) is 3.54. The summed E-state index contributed by atoms with van der Waals surface area (Å²) in [4.78, 5) is 2.44. The number of hydrogen-bond donors (Lipinski definition) is 2. The van der Waals surface area contributed by atoms with E-state index >= 15 is 0 Å². The lowest BCUT2D eigenvalue weighted by Crippen LogP contribution is -2.33. The normalized spacial score (nSPS) is 16.3. The van der Waals surface area contributed by atoms with Crippen LogP contribution in [0.2, 0.25) is 0 Å². The Morgan fingerprint density at radius 2 is 2.05 bits per heavy atom. The summed E-state index contributed by atoms with van der Waals surface area (Å²) in [7, 11) is 0. The first-order chi connectivity index (χ1) is 9.16. The molecule has 0 unspecified atom stereocenters. The SMILES string of the molecule is Cc1ccc(C(=N)N)c(OCCN2CCCCC2)c1. The van der Waals surface area contributed by atoms with E-state index in [-0.39, 0.29) is 5.84 Å². The van der Waals surface area contributed by atoms with E-state index < -0.39 is 0 Å². The Bertz CT molecular complexity index is 439. The molecule has 0 amide bonds. The first-order valence-corrected chi connectivity index (χ1v) is 6.97.